The monoisotopic (exact) mass is 246 g/mol. The first kappa shape index (κ1) is 11.7. The maximum absolute atomic E-state index is 12.5. The van der Waals surface area contributed by atoms with Crippen LogP contribution in [0.15, 0.2) is 24.3 Å². The summed E-state index contributed by atoms with van der Waals surface area (Å²) in [5, 5.41) is 3.33. The minimum Gasteiger partial charge on any atom is -0.378 e. The van der Waals surface area contributed by atoms with Gasteiger partial charge >= 0.3 is 0 Å². The second-order valence-corrected chi connectivity index (χ2v) is 4.82. The summed E-state index contributed by atoms with van der Waals surface area (Å²) in [7, 11) is 0. The number of rotatable bonds is 1. The molecule has 1 atom stereocenters. The van der Waals surface area contributed by atoms with Crippen LogP contribution in [0, 0.1) is 0 Å². The molecule has 2 heterocycles. The Morgan fingerprint density at radius 2 is 2.06 bits per heavy atom. The van der Waals surface area contributed by atoms with E-state index in [4.69, 9.17) is 4.74 Å². The number of ether oxygens (including phenoxy) is 1. The molecule has 18 heavy (non-hydrogen) atoms. The number of fused-ring (bicyclic) bond motifs is 1. The second-order valence-electron chi connectivity index (χ2n) is 4.82. The molecule has 1 saturated heterocycles. The van der Waals surface area contributed by atoms with Crippen molar-refractivity contribution in [3.8, 4) is 0 Å². The van der Waals surface area contributed by atoms with Crippen LogP contribution in [0.2, 0.25) is 0 Å². The third-order valence-electron chi connectivity index (χ3n) is 3.72. The summed E-state index contributed by atoms with van der Waals surface area (Å²) < 4.78 is 5.30. The Morgan fingerprint density at radius 3 is 2.89 bits per heavy atom. The molecule has 96 valence electrons. The molecule has 4 nitrogen and oxygen atoms in total. The minimum absolute atomic E-state index is 0.0342. The SMILES string of the molecule is O=C(C1CNCc2ccccc21)N1CCOCC1. The second kappa shape index (κ2) is 5.08. The molecule has 3 rings (SSSR count). The number of hydrogen-bond acceptors (Lipinski definition) is 3. The van der Waals surface area contributed by atoms with E-state index >= 15 is 0 Å². The molecule has 1 N–H and O–H groups in total. The molecule has 0 radical (unpaired) electrons. The summed E-state index contributed by atoms with van der Waals surface area (Å²) in [5.41, 5.74) is 2.43. The molecule has 4 heteroatoms. The lowest BCUT2D eigenvalue weighted by Gasteiger charge is -2.33. The van der Waals surface area contributed by atoms with Gasteiger partial charge in [0.2, 0.25) is 5.91 Å². The van der Waals surface area contributed by atoms with Gasteiger partial charge < -0.3 is 15.0 Å². The van der Waals surface area contributed by atoms with Crippen LogP contribution >= 0.6 is 0 Å². The molecule has 0 saturated carbocycles. The van der Waals surface area contributed by atoms with Gasteiger partial charge in [-0.3, -0.25) is 4.79 Å². The summed E-state index contributed by atoms with van der Waals surface area (Å²) in [6.07, 6.45) is 0. The van der Waals surface area contributed by atoms with Crippen LogP contribution in [0.5, 0.6) is 0 Å². The van der Waals surface area contributed by atoms with E-state index in [1.54, 1.807) is 0 Å². The Morgan fingerprint density at radius 1 is 1.28 bits per heavy atom. The average Bonchev–Trinajstić information content (AvgIpc) is 2.47. The Labute approximate surface area is 107 Å². The van der Waals surface area contributed by atoms with E-state index in [-0.39, 0.29) is 11.8 Å². The normalized spacial score (nSPS) is 23.6. The molecule has 0 aliphatic carbocycles. The van der Waals surface area contributed by atoms with Crippen LogP contribution in [0.4, 0.5) is 0 Å². The van der Waals surface area contributed by atoms with Crippen LogP contribution < -0.4 is 5.32 Å². The van der Waals surface area contributed by atoms with Crippen molar-refractivity contribution in [2.75, 3.05) is 32.8 Å². The molecule has 1 unspecified atom stereocenters. The Bertz CT molecular complexity index is 441. The number of nitrogens with zero attached hydrogens (tertiary/aromatic N) is 1. The van der Waals surface area contributed by atoms with Gasteiger partial charge in [-0.2, -0.15) is 0 Å². The van der Waals surface area contributed by atoms with Crippen molar-refractivity contribution in [2.24, 2.45) is 0 Å². The van der Waals surface area contributed by atoms with Crippen molar-refractivity contribution < 1.29 is 9.53 Å². The minimum atomic E-state index is -0.0342. The predicted octanol–water partition coefficient (Wildman–Crippen LogP) is 0.732. The third-order valence-corrected chi connectivity index (χ3v) is 3.72. The van der Waals surface area contributed by atoms with Crippen LogP contribution in [0.1, 0.15) is 17.0 Å². The molecule has 1 aromatic rings. The van der Waals surface area contributed by atoms with Gasteiger partial charge in [-0.25, -0.2) is 0 Å². The summed E-state index contributed by atoms with van der Waals surface area (Å²) in [6.45, 7) is 4.37. The lowest BCUT2D eigenvalue weighted by molar-refractivity contribution is -0.137. The van der Waals surface area contributed by atoms with Gasteiger partial charge in [0.05, 0.1) is 19.1 Å². The van der Waals surface area contributed by atoms with E-state index in [9.17, 15) is 4.79 Å². The molecule has 2 aliphatic heterocycles. The number of carbonyl (C=O) groups is 1. The highest BCUT2D eigenvalue weighted by molar-refractivity contribution is 5.84. The van der Waals surface area contributed by atoms with E-state index in [0.717, 1.165) is 26.2 Å². The Hall–Kier alpha value is -1.39. The molecule has 1 amide bonds. The molecule has 0 aromatic heterocycles. The highest BCUT2D eigenvalue weighted by atomic mass is 16.5. The maximum atomic E-state index is 12.5. The fraction of sp³-hybridized carbons (Fsp3) is 0.500. The van der Waals surface area contributed by atoms with Gasteiger partial charge in [-0.1, -0.05) is 24.3 Å². The Balaban J connectivity index is 1.82. The third kappa shape index (κ3) is 2.13. The highest BCUT2D eigenvalue weighted by Gasteiger charge is 2.30. The van der Waals surface area contributed by atoms with E-state index < -0.39 is 0 Å². The van der Waals surface area contributed by atoms with Gasteiger partial charge in [0.1, 0.15) is 0 Å². The lowest BCUT2D eigenvalue weighted by Crippen LogP contribution is -2.46. The number of benzene rings is 1. The topological polar surface area (TPSA) is 41.6 Å². The van der Waals surface area contributed by atoms with Crippen molar-refractivity contribution in [1.82, 2.24) is 10.2 Å². The predicted molar refractivity (Wildman–Crippen MR) is 68.3 cm³/mol. The zero-order valence-corrected chi connectivity index (χ0v) is 10.4. The number of carbonyl (C=O) groups excluding carboxylic acids is 1. The first-order chi connectivity index (χ1) is 8.86. The number of morpholine rings is 1. The highest BCUT2D eigenvalue weighted by Crippen LogP contribution is 2.25. The number of amides is 1. The van der Waals surface area contributed by atoms with Crippen molar-refractivity contribution >= 4 is 5.91 Å². The molecule has 2 aliphatic rings. The summed E-state index contributed by atoms with van der Waals surface area (Å²) >= 11 is 0. The maximum Gasteiger partial charge on any atom is 0.231 e. The molecule has 1 aromatic carbocycles. The Kier molecular flexibility index (Phi) is 3.30. The van der Waals surface area contributed by atoms with Gasteiger partial charge in [-0.05, 0) is 11.1 Å². The van der Waals surface area contributed by atoms with E-state index in [1.165, 1.54) is 11.1 Å². The molecular weight excluding hydrogens is 228 g/mol. The van der Waals surface area contributed by atoms with Gasteiger partial charge in [0, 0.05) is 26.2 Å². The van der Waals surface area contributed by atoms with E-state index in [1.807, 2.05) is 17.0 Å². The standard InChI is InChI=1S/C14H18N2O2/c17-14(16-5-7-18-8-6-16)13-10-15-9-11-3-1-2-4-12(11)13/h1-4,13,15H,5-10H2. The fourth-order valence-electron chi connectivity index (χ4n) is 2.72. The van der Waals surface area contributed by atoms with Gasteiger partial charge in [0.25, 0.3) is 0 Å². The average molecular weight is 246 g/mol. The van der Waals surface area contributed by atoms with Crippen LogP contribution in [-0.2, 0) is 16.1 Å². The molecule has 0 bridgehead atoms. The largest absolute Gasteiger partial charge is 0.378 e. The van der Waals surface area contributed by atoms with Crippen molar-refractivity contribution in [2.45, 2.75) is 12.5 Å². The quantitative estimate of drug-likeness (QED) is 0.794. The first-order valence-electron chi connectivity index (χ1n) is 6.51. The van der Waals surface area contributed by atoms with Crippen molar-refractivity contribution in [1.29, 1.82) is 0 Å². The smallest absolute Gasteiger partial charge is 0.231 e. The zero-order chi connectivity index (χ0) is 12.4. The van der Waals surface area contributed by atoms with E-state index in [2.05, 4.69) is 17.4 Å². The fourth-order valence-corrected chi connectivity index (χ4v) is 2.72. The first-order valence-corrected chi connectivity index (χ1v) is 6.51. The molecule has 1 fully saturated rings. The molecule has 0 spiro atoms. The van der Waals surface area contributed by atoms with Gasteiger partial charge in [-0.15, -0.1) is 0 Å². The van der Waals surface area contributed by atoms with Crippen LogP contribution in [-0.4, -0.2) is 43.7 Å². The van der Waals surface area contributed by atoms with Crippen LogP contribution in [0.3, 0.4) is 0 Å². The van der Waals surface area contributed by atoms with Crippen LogP contribution in [0.25, 0.3) is 0 Å². The van der Waals surface area contributed by atoms with Gasteiger partial charge in [0.15, 0.2) is 0 Å². The summed E-state index contributed by atoms with van der Waals surface area (Å²) in [5.74, 6) is 0.200. The van der Waals surface area contributed by atoms with Crippen molar-refractivity contribution in [3.63, 3.8) is 0 Å². The van der Waals surface area contributed by atoms with E-state index in [0.29, 0.717) is 13.2 Å². The lowest BCUT2D eigenvalue weighted by atomic mass is 9.89. The summed E-state index contributed by atoms with van der Waals surface area (Å²) in [4.78, 5) is 14.5. The number of hydrogen-bond donors (Lipinski definition) is 1. The number of nitrogens with one attached hydrogen (secondary N) is 1. The zero-order valence-electron chi connectivity index (χ0n) is 10.4. The summed E-state index contributed by atoms with van der Waals surface area (Å²) in [6, 6.07) is 8.23. The van der Waals surface area contributed by atoms with Crippen molar-refractivity contribution in [3.05, 3.63) is 35.4 Å². The molecular formula is C14H18N2O2.